The molecular weight excluding hydrogens is 260 g/mol. The van der Waals surface area contributed by atoms with Gasteiger partial charge in [0.05, 0.1) is 11.9 Å². The molecule has 0 saturated heterocycles. The maximum Gasteiger partial charge on any atom is 0.145 e. The Hall–Kier alpha value is -2.02. The van der Waals surface area contributed by atoms with Crippen molar-refractivity contribution in [1.29, 1.82) is 0 Å². The van der Waals surface area contributed by atoms with E-state index in [2.05, 4.69) is 32.3 Å². The summed E-state index contributed by atoms with van der Waals surface area (Å²) < 4.78 is 1.75. The number of anilines is 1. The highest BCUT2D eigenvalue weighted by atomic mass is 32.1. The number of fused-ring (bicyclic) bond motifs is 1. The molecule has 3 aromatic heterocycles. The molecular formula is C12H14N6S. The number of hydrogen-bond donors (Lipinski definition) is 1. The summed E-state index contributed by atoms with van der Waals surface area (Å²) in [7, 11) is 1.88. The molecule has 0 atom stereocenters. The minimum atomic E-state index is 0.599. The van der Waals surface area contributed by atoms with Crippen LogP contribution >= 0.6 is 11.3 Å². The van der Waals surface area contributed by atoms with Gasteiger partial charge in [0, 0.05) is 13.5 Å². The average molecular weight is 274 g/mol. The van der Waals surface area contributed by atoms with Gasteiger partial charge in [-0.2, -0.15) is 5.10 Å². The molecule has 0 amide bonds. The number of thiophene rings is 1. The molecule has 0 unspecified atom stereocenters. The predicted octanol–water partition coefficient (Wildman–Crippen LogP) is 1.99. The zero-order valence-electron chi connectivity index (χ0n) is 10.8. The van der Waals surface area contributed by atoms with Crippen molar-refractivity contribution in [3.8, 4) is 0 Å². The first-order valence-corrected chi connectivity index (χ1v) is 6.96. The van der Waals surface area contributed by atoms with Crippen LogP contribution in [0.25, 0.3) is 10.2 Å². The van der Waals surface area contributed by atoms with Crippen LogP contribution in [-0.4, -0.2) is 24.7 Å². The molecule has 0 aliphatic heterocycles. The molecule has 0 radical (unpaired) electrons. The number of nitrogens with zero attached hydrogens (tertiary/aromatic N) is 5. The molecule has 0 fully saturated rings. The lowest BCUT2D eigenvalue weighted by molar-refractivity contribution is 0.711. The van der Waals surface area contributed by atoms with Crippen LogP contribution in [0.1, 0.15) is 18.6 Å². The van der Waals surface area contributed by atoms with Crippen molar-refractivity contribution in [3.05, 3.63) is 29.4 Å². The zero-order chi connectivity index (χ0) is 13.2. The van der Waals surface area contributed by atoms with Gasteiger partial charge >= 0.3 is 0 Å². The van der Waals surface area contributed by atoms with Gasteiger partial charge in [-0.25, -0.2) is 15.0 Å². The fourth-order valence-corrected chi connectivity index (χ4v) is 2.62. The van der Waals surface area contributed by atoms with Crippen LogP contribution < -0.4 is 5.32 Å². The second-order valence-corrected chi connectivity index (χ2v) is 5.03. The zero-order valence-corrected chi connectivity index (χ0v) is 11.6. The number of aryl methyl sites for hydroxylation is 2. The molecule has 6 nitrogen and oxygen atoms in total. The van der Waals surface area contributed by atoms with Crippen molar-refractivity contribution in [2.45, 2.75) is 19.9 Å². The van der Waals surface area contributed by atoms with Gasteiger partial charge in [0.25, 0.3) is 0 Å². The number of rotatable bonds is 4. The standard InChI is InChI=1S/C12H14N6S/c1-3-9-16-11(8-4-5-19-12(8)17-9)13-6-10-14-7-15-18(10)2/h4-5,7H,3,6H2,1-2H3,(H,13,16,17). The van der Waals surface area contributed by atoms with Gasteiger partial charge in [-0.05, 0) is 11.4 Å². The van der Waals surface area contributed by atoms with E-state index >= 15 is 0 Å². The summed E-state index contributed by atoms with van der Waals surface area (Å²) in [6.07, 6.45) is 2.38. The van der Waals surface area contributed by atoms with Crippen LogP contribution in [0.3, 0.4) is 0 Å². The molecule has 1 N–H and O–H groups in total. The SMILES string of the molecule is CCc1nc(NCc2ncnn2C)c2ccsc2n1. The van der Waals surface area contributed by atoms with E-state index in [0.29, 0.717) is 6.54 Å². The van der Waals surface area contributed by atoms with Crippen molar-refractivity contribution >= 4 is 27.4 Å². The summed E-state index contributed by atoms with van der Waals surface area (Å²) in [5, 5.41) is 10.5. The van der Waals surface area contributed by atoms with E-state index in [0.717, 1.165) is 34.1 Å². The Kier molecular flexibility index (Phi) is 3.12. The highest BCUT2D eigenvalue weighted by Crippen LogP contribution is 2.25. The van der Waals surface area contributed by atoms with E-state index in [1.807, 2.05) is 18.5 Å². The van der Waals surface area contributed by atoms with Crippen molar-refractivity contribution < 1.29 is 0 Å². The largest absolute Gasteiger partial charge is 0.362 e. The van der Waals surface area contributed by atoms with Gasteiger partial charge in [0.1, 0.15) is 28.6 Å². The Labute approximate surface area is 114 Å². The van der Waals surface area contributed by atoms with E-state index in [1.165, 1.54) is 0 Å². The molecule has 19 heavy (non-hydrogen) atoms. The molecule has 0 spiro atoms. The van der Waals surface area contributed by atoms with Crippen molar-refractivity contribution in [3.63, 3.8) is 0 Å². The molecule has 3 aromatic rings. The van der Waals surface area contributed by atoms with E-state index in [9.17, 15) is 0 Å². The average Bonchev–Trinajstić information content (AvgIpc) is 3.04. The van der Waals surface area contributed by atoms with Crippen LogP contribution in [0.5, 0.6) is 0 Å². The monoisotopic (exact) mass is 274 g/mol. The lowest BCUT2D eigenvalue weighted by atomic mass is 10.3. The van der Waals surface area contributed by atoms with E-state index in [-0.39, 0.29) is 0 Å². The molecule has 0 aromatic carbocycles. The Morgan fingerprint density at radius 3 is 3.00 bits per heavy atom. The van der Waals surface area contributed by atoms with Crippen molar-refractivity contribution in [2.24, 2.45) is 7.05 Å². The molecule has 3 rings (SSSR count). The normalized spacial score (nSPS) is 11.1. The highest BCUT2D eigenvalue weighted by Gasteiger charge is 2.09. The summed E-state index contributed by atoms with van der Waals surface area (Å²) in [6, 6.07) is 2.04. The molecule has 7 heteroatoms. The van der Waals surface area contributed by atoms with Crippen LogP contribution in [0.2, 0.25) is 0 Å². The summed E-state index contributed by atoms with van der Waals surface area (Å²) in [6.45, 7) is 2.66. The van der Waals surface area contributed by atoms with E-state index in [1.54, 1.807) is 22.3 Å². The summed E-state index contributed by atoms with van der Waals surface area (Å²) in [4.78, 5) is 14.3. The fourth-order valence-electron chi connectivity index (χ4n) is 1.84. The Balaban J connectivity index is 1.91. The quantitative estimate of drug-likeness (QED) is 0.788. The first kappa shape index (κ1) is 12.0. The van der Waals surface area contributed by atoms with Gasteiger partial charge in [0.2, 0.25) is 0 Å². The number of aromatic nitrogens is 5. The van der Waals surface area contributed by atoms with Crippen LogP contribution in [0, 0.1) is 0 Å². The number of nitrogens with one attached hydrogen (secondary N) is 1. The maximum absolute atomic E-state index is 4.55. The van der Waals surface area contributed by atoms with Gasteiger partial charge in [-0.3, -0.25) is 4.68 Å². The Morgan fingerprint density at radius 1 is 1.37 bits per heavy atom. The minimum Gasteiger partial charge on any atom is -0.362 e. The molecule has 0 bridgehead atoms. The second kappa shape index (κ2) is 4.93. The molecule has 98 valence electrons. The lowest BCUT2D eigenvalue weighted by Gasteiger charge is -2.07. The van der Waals surface area contributed by atoms with Crippen LogP contribution in [0.15, 0.2) is 17.8 Å². The maximum atomic E-state index is 4.55. The highest BCUT2D eigenvalue weighted by molar-refractivity contribution is 7.16. The van der Waals surface area contributed by atoms with E-state index < -0.39 is 0 Å². The topological polar surface area (TPSA) is 68.5 Å². The lowest BCUT2D eigenvalue weighted by Crippen LogP contribution is -2.09. The molecule has 0 aliphatic carbocycles. The summed E-state index contributed by atoms with van der Waals surface area (Å²) in [5.74, 6) is 2.60. The third-order valence-electron chi connectivity index (χ3n) is 2.91. The first-order valence-electron chi connectivity index (χ1n) is 6.08. The predicted molar refractivity (Wildman–Crippen MR) is 75.1 cm³/mol. The fraction of sp³-hybridized carbons (Fsp3) is 0.333. The van der Waals surface area contributed by atoms with Crippen molar-refractivity contribution in [1.82, 2.24) is 24.7 Å². The number of hydrogen-bond acceptors (Lipinski definition) is 6. The second-order valence-electron chi connectivity index (χ2n) is 4.13. The first-order chi connectivity index (χ1) is 9.28. The van der Waals surface area contributed by atoms with Gasteiger partial charge in [-0.1, -0.05) is 6.92 Å². The molecule has 0 saturated carbocycles. The summed E-state index contributed by atoms with van der Waals surface area (Å²) in [5.41, 5.74) is 0. The van der Waals surface area contributed by atoms with Gasteiger partial charge < -0.3 is 5.32 Å². The summed E-state index contributed by atoms with van der Waals surface area (Å²) >= 11 is 1.63. The van der Waals surface area contributed by atoms with Crippen molar-refractivity contribution in [2.75, 3.05) is 5.32 Å². The minimum absolute atomic E-state index is 0.599. The van der Waals surface area contributed by atoms with Crippen LogP contribution in [-0.2, 0) is 20.0 Å². The Morgan fingerprint density at radius 2 is 2.26 bits per heavy atom. The smallest absolute Gasteiger partial charge is 0.145 e. The Bertz CT molecular complexity index is 701. The third-order valence-corrected chi connectivity index (χ3v) is 3.71. The van der Waals surface area contributed by atoms with Crippen LogP contribution in [0.4, 0.5) is 5.82 Å². The van der Waals surface area contributed by atoms with Gasteiger partial charge in [-0.15, -0.1) is 11.3 Å². The molecule has 0 aliphatic rings. The molecule has 3 heterocycles. The van der Waals surface area contributed by atoms with Gasteiger partial charge in [0.15, 0.2) is 0 Å². The third kappa shape index (κ3) is 2.28. The van der Waals surface area contributed by atoms with E-state index in [4.69, 9.17) is 0 Å².